The molecule has 0 spiro atoms. The number of hydrogen-bond donors (Lipinski definition) is 1. The van der Waals surface area contributed by atoms with Gasteiger partial charge in [-0.15, -0.1) is 0 Å². The van der Waals surface area contributed by atoms with Gasteiger partial charge in [0, 0.05) is 13.1 Å². The zero-order chi connectivity index (χ0) is 16.4. The maximum atomic E-state index is 13.8. The molecule has 1 aromatic rings. The van der Waals surface area contributed by atoms with Gasteiger partial charge in [0.05, 0.1) is 25.9 Å². The van der Waals surface area contributed by atoms with E-state index in [1.54, 1.807) is 12.1 Å². The van der Waals surface area contributed by atoms with Gasteiger partial charge in [-0.25, -0.2) is 9.38 Å². The van der Waals surface area contributed by atoms with E-state index in [1.807, 2.05) is 13.0 Å². The van der Waals surface area contributed by atoms with E-state index in [9.17, 15) is 4.39 Å². The number of nitrogens with zero attached hydrogens (tertiary/aromatic N) is 2. The number of nitrogens with two attached hydrogens (primary N) is 1. The summed E-state index contributed by atoms with van der Waals surface area (Å²) in [5.74, 6) is 0.928. The number of halogens is 1. The Hall–Kier alpha value is -1.82. The van der Waals surface area contributed by atoms with Gasteiger partial charge in [-0.3, -0.25) is 0 Å². The second-order valence-corrected chi connectivity index (χ2v) is 6.33. The van der Waals surface area contributed by atoms with Gasteiger partial charge in [0.15, 0.2) is 17.5 Å². The molecule has 1 saturated heterocycles. The second kappa shape index (κ2) is 6.74. The van der Waals surface area contributed by atoms with Gasteiger partial charge in [-0.2, -0.15) is 0 Å². The zero-order valence-corrected chi connectivity index (χ0v) is 13.7. The monoisotopic (exact) mass is 321 g/mol. The minimum atomic E-state index is -0.307. The molecule has 1 aliphatic heterocycles. The van der Waals surface area contributed by atoms with Crippen LogP contribution in [-0.4, -0.2) is 49.8 Å². The number of guanidine groups is 1. The highest BCUT2D eigenvalue weighted by atomic mass is 19.1. The molecule has 1 aromatic carbocycles. The van der Waals surface area contributed by atoms with Crippen molar-refractivity contribution < 1.29 is 13.9 Å². The number of rotatable bonds is 3. The summed E-state index contributed by atoms with van der Waals surface area (Å²) in [5, 5.41) is 0. The van der Waals surface area contributed by atoms with E-state index in [4.69, 9.17) is 15.2 Å². The summed E-state index contributed by atoms with van der Waals surface area (Å²) in [6.45, 7) is 4.31. The average molecular weight is 321 g/mol. The number of aliphatic imine (C=N–C) groups is 1. The molecule has 3 rings (SSSR count). The molecule has 0 radical (unpaired) electrons. The van der Waals surface area contributed by atoms with Crippen LogP contribution in [0.15, 0.2) is 23.2 Å². The van der Waals surface area contributed by atoms with E-state index < -0.39 is 0 Å². The van der Waals surface area contributed by atoms with Crippen molar-refractivity contribution in [1.29, 1.82) is 0 Å². The van der Waals surface area contributed by atoms with Crippen LogP contribution in [-0.2, 0) is 4.74 Å². The van der Waals surface area contributed by atoms with Crippen LogP contribution in [0, 0.1) is 5.82 Å². The van der Waals surface area contributed by atoms with Crippen molar-refractivity contribution in [2.45, 2.75) is 37.8 Å². The summed E-state index contributed by atoms with van der Waals surface area (Å²) in [7, 11) is 1.47. The Morgan fingerprint density at radius 1 is 1.43 bits per heavy atom. The molecule has 6 heteroatoms. The number of morpholine rings is 1. The van der Waals surface area contributed by atoms with Gasteiger partial charge >= 0.3 is 0 Å². The lowest BCUT2D eigenvalue weighted by molar-refractivity contribution is 0.00512. The first-order chi connectivity index (χ1) is 11.1. The lowest BCUT2D eigenvalue weighted by Gasteiger charge is -2.36. The summed E-state index contributed by atoms with van der Waals surface area (Å²) in [6.07, 6.45) is 2.01. The smallest absolute Gasteiger partial charge is 0.191 e. The van der Waals surface area contributed by atoms with Crippen molar-refractivity contribution in [2.75, 3.05) is 26.8 Å². The maximum absolute atomic E-state index is 13.8. The first-order valence-electron chi connectivity index (χ1n) is 8.10. The van der Waals surface area contributed by atoms with Crippen LogP contribution in [0.3, 0.4) is 0 Å². The van der Waals surface area contributed by atoms with E-state index in [0.29, 0.717) is 18.5 Å². The molecular formula is C17H24FN3O2. The van der Waals surface area contributed by atoms with Gasteiger partial charge < -0.3 is 20.1 Å². The van der Waals surface area contributed by atoms with Crippen LogP contribution < -0.4 is 10.5 Å². The zero-order valence-electron chi connectivity index (χ0n) is 13.7. The molecule has 1 atom stereocenters. The fourth-order valence-corrected chi connectivity index (χ4v) is 3.20. The van der Waals surface area contributed by atoms with Crippen LogP contribution in [0.1, 0.15) is 31.2 Å². The van der Waals surface area contributed by atoms with Gasteiger partial charge in [0.25, 0.3) is 0 Å². The Labute approximate surface area is 136 Å². The molecule has 1 unspecified atom stereocenters. The average Bonchev–Trinajstić information content (AvgIpc) is 2.50. The third kappa shape index (κ3) is 3.58. The molecule has 2 fully saturated rings. The normalized spacial score (nSPS) is 28.4. The van der Waals surface area contributed by atoms with Gasteiger partial charge in [0.2, 0.25) is 0 Å². The highest BCUT2D eigenvalue weighted by Crippen LogP contribution is 2.39. The molecule has 0 bridgehead atoms. The Balaban J connectivity index is 1.56. The number of ether oxygens (including phenoxy) is 2. The van der Waals surface area contributed by atoms with E-state index in [2.05, 4.69) is 9.89 Å². The molecule has 0 aromatic heterocycles. The predicted molar refractivity (Wildman–Crippen MR) is 87.3 cm³/mol. The predicted octanol–water partition coefficient (Wildman–Crippen LogP) is 2.12. The third-order valence-corrected chi connectivity index (χ3v) is 4.64. The Bertz CT molecular complexity index is 587. The number of methoxy groups -OCH3 is 1. The molecule has 1 heterocycles. The van der Waals surface area contributed by atoms with Gasteiger partial charge in [-0.1, -0.05) is 6.07 Å². The van der Waals surface area contributed by atoms with Gasteiger partial charge in [-0.05, 0) is 43.4 Å². The van der Waals surface area contributed by atoms with E-state index >= 15 is 0 Å². The van der Waals surface area contributed by atoms with Crippen LogP contribution in [0.2, 0.25) is 0 Å². The third-order valence-electron chi connectivity index (χ3n) is 4.64. The minimum Gasteiger partial charge on any atom is -0.494 e. The Morgan fingerprint density at radius 3 is 2.87 bits per heavy atom. The number of hydrogen-bond acceptors (Lipinski definition) is 3. The Kier molecular flexibility index (Phi) is 4.71. The molecule has 2 N–H and O–H groups in total. The van der Waals surface area contributed by atoms with Crippen molar-refractivity contribution in [2.24, 2.45) is 10.7 Å². The molecule has 1 saturated carbocycles. The molecule has 126 valence electrons. The van der Waals surface area contributed by atoms with Crippen LogP contribution in [0.4, 0.5) is 4.39 Å². The van der Waals surface area contributed by atoms with Gasteiger partial charge in [0.1, 0.15) is 0 Å². The molecule has 5 nitrogen and oxygen atoms in total. The molecule has 2 aliphatic rings. The number of benzene rings is 1. The van der Waals surface area contributed by atoms with E-state index in [0.717, 1.165) is 31.5 Å². The summed E-state index contributed by atoms with van der Waals surface area (Å²) >= 11 is 0. The summed E-state index contributed by atoms with van der Waals surface area (Å²) in [5.41, 5.74) is 7.12. The minimum absolute atomic E-state index is 0.189. The van der Waals surface area contributed by atoms with Crippen LogP contribution in [0.5, 0.6) is 5.75 Å². The highest BCUT2D eigenvalue weighted by Gasteiger charge is 2.31. The van der Waals surface area contributed by atoms with Crippen molar-refractivity contribution in [3.63, 3.8) is 0 Å². The van der Waals surface area contributed by atoms with E-state index in [1.165, 1.54) is 7.11 Å². The first-order valence-corrected chi connectivity index (χ1v) is 8.10. The standard InChI is InChI=1S/C17H24FN3O2/c1-11-10-21(5-6-23-11)17(19)20-14-7-13(8-14)12-3-4-16(22-2)15(18)9-12/h3-4,9,11,13-14H,5-8,10H2,1-2H3,(H2,19,20). The van der Waals surface area contributed by atoms with E-state index in [-0.39, 0.29) is 23.7 Å². The van der Waals surface area contributed by atoms with Crippen molar-refractivity contribution in [3.05, 3.63) is 29.6 Å². The van der Waals surface area contributed by atoms with Crippen molar-refractivity contribution in [1.82, 2.24) is 4.90 Å². The van der Waals surface area contributed by atoms with Crippen molar-refractivity contribution in [3.8, 4) is 5.75 Å². The quantitative estimate of drug-likeness (QED) is 0.684. The molecule has 23 heavy (non-hydrogen) atoms. The van der Waals surface area contributed by atoms with Crippen molar-refractivity contribution >= 4 is 5.96 Å². The second-order valence-electron chi connectivity index (χ2n) is 6.33. The largest absolute Gasteiger partial charge is 0.494 e. The van der Waals surface area contributed by atoms with Crippen LogP contribution in [0.25, 0.3) is 0 Å². The lowest BCUT2D eigenvalue weighted by atomic mass is 9.76. The maximum Gasteiger partial charge on any atom is 0.191 e. The molecule has 1 aliphatic carbocycles. The fourth-order valence-electron chi connectivity index (χ4n) is 3.20. The molecule has 0 amide bonds. The molecular weight excluding hydrogens is 297 g/mol. The lowest BCUT2D eigenvalue weighted by Crippen LogP contribution is -2.48. The summed E-state index contributed by atoms with van der Waals surface area (Å²) in [4.78, 5) is 6.70. The Morgan fingerprint density at radius 2 is 2.22 bits per heavy atom. The van der Waals surface area contributed by atoms with Crippen LogP contribution >= 0.6 is 0 Å². The highest BCUT2D eigenvalue weighted by molar-refractivity contribution is 5.78. The first kappa shape index (κ1) is 16.1. The topological polar surface area (TPSA) is 60.1 Å². The SMILES string of the molecule is COc1ccc(C2CC(N=C(N)N3CCOC(C)C3)C2)cc1F. The summed E-state index contributed by atoms with van der Waals surface area (Å²) < 4.78 is 24.2. The summed E-state index contributed by atoms with van der Waals surface area (Å²) in [6, 6.07) is 5.41. The fraction of sp³-hybridized carbons (Fsp3) is 0.588.